The first-order chi connectivity index (χ1) is 9.41. The summed E-state index contributed by atoms with van der Waals surface area (Å²) < 4.78 is 9.90. The van der Waals surface area contributed by atoms with Crippen LogP contribution in [0.1, 0.15) is 26.7 Å². The van der Waals surface area contributed by atoms with E-state index in [1.54, 1.807) is 14.2 Å². The van der Waals surface area contributed by atoms with Crippen LogP contribution in [0.4, 0.5) is 4.79 Å². The fraction of sp³-hybridized carbons (Fsp3) is 0.846. The van der Waals surface area contributed by atoms with E-state index < -0.39 is 17.5 Å². The summed E-state index contributed by atoms with van der Waals surface area (Å²) >= 11 is 0. The van der Waals surface area contributed by atoms with Gasteiger partial charge in [0.25, 0.3) is 0 Å². The first kappa shape index (κ1) is 18.7. The molecule has 118 valence electrons. The van der Waals surface area contributed by atoms with Crippen LogP contribution in [-0.2, 0) is 14.3 Å². The predicted octanol–water partition coefficient (Wildman–Crippen LogP) is 0.934. The van der Waals surface area contributed by atoms with Crippen LogP contribution in [0.3, 0.4) is 0 Å². The molecule has 1 unspecified atom stereocenters. The number of rotatable bonds is 10. The van der Waals surface area contributed by atoms with Gasteiger partial charge in [-0.2, -0.15) is 0 Å². The van der Waals surface area contributed by atoms with Crippen molar-refractivity contribution in [2.45, 2.75) is 32.2 Å². The van der Waals surface area contributed by atoms with Gasteiger partial charge in [-0.05, 0) is 13.3 Å². The summed E-state index contributed by atoms with van der Waals surface area (Å²) in [6, 6.07) is -0.419. The largest absolute Gasteiger partial charge is 0.480 e. The molecule has 0 spiro atoms. The molecule has 2 amide bonds. The maximum Gasteiger partial charge on any atom is 0.329 e. The molecule has 0 aromatic rings. The number of hydrogen-bond donors (Lipinski definition) is 2. The third kappa shape index (κ3) is 6.21. The van der Waals surface area contributed by atoms with Crippen molar-refractivity contribution < 1.29 is 24.2 Å². The number of methoxy groups -OCH3 is 2. The summed E-state index contributed by atoms with van der Waals surface area (Å²) in [4.78, 5) is 25.0. The molecule has 0 aliphatic rings. The van der Waals surface area contributed by atoms with Gasteiger partial charge in [-0.25, -0.2) is 9.59 Å². The fourth-order valence-corrected chi connectivity index (χ4v) is 1.76. The lowest BCUT2D eigenvalue weighted by molar-refractivity contribution is -0.144. The quantitative estimate of drug-likeness (QED) is 0.625. The molecular formula is C13H26N2O5. The maximum atomic E-state index is 12.2. The lowest BCUT2D eigenvalue weighted by Crippen LogP contribution is -2.56. The van der Waals surface area contributed by atoms with Crippen LogP contribution in [-0.4, -0.2) is 68.1 Å². The predicted molar refractivity (Wildman–Crippen MR) is 74.8 cm³/mol. The molecular weight excluding hydrogens is 264 g/mol. The van der Waals surface area contributed by atoms with Crippen molar-refractivity contribution in [1.82, 2.24) is 10.2 Å². The number of aliphatic carboxylic acids is 1. The minimum Gasteiger partial charge on any atom is -0.480 e. The average molecular weight is 290 g/mol. The number of amides is 2. The highest BCUT2D eigenvalue weighted by molar-refractivity contribution is 5.85. The molecule has 0 aliphatic heterocycles. The molecule has 7 heteroatoms. The van der Waals surface area contributed by atoms with E-state index in [4.69, 9.17) is 9.47 Å². The highest BCUT2D eigenvalue weighted by Gasteiger charge is 2.35. The Morgan fingerprint density at radius 3 is 2.05 bits per heavy atom. The summed E-state index contributed by atoms with van der Waals surface area (Å²) in [5.74, 6) is -1.04. The summed E-state index contributed by atoms with van der Waals surface area (Å²) in [7, 11) is 3.09. The third-order valence-corrected chi connectivity index (χ3v) is 3.02. The van der Waals surface area contributed by atoms with Crippen molar-refractivity contribution in [1.29, 1.82) is 0 Å². The Hall–Kier alpha value is -1.34. The molecule has 0 heterocycles. The molecule has 0 aromatic carbocycles. The lowest BCUT2D eigenvalue weighted by Gasteiger charge is -2.30. The van der Waals surface area contributed by atoms with Crippen LogP contribution < -0.4 is 5.32 Å². The SMILES string of the molecule is CCCC(C)(NC(=O)N(CCOC)CCOC)C(=O)O. The molecule has 0 aromatic heterocycles. The zero-order valence-corrected chi connectivity index (χ0v) is 12.8. The Morgan fingerprint density at radius 1 is 1.20 bits per heavy atom. The van der Waals surface area contributed by atoms with E-state index in [0.717, 1.165) is 0 Å². The molecule has 0 rings (SSSR count). The summed E-state index contributed by atoms with van der Waals surface area (Å²) in [6.45, 7) is 4.92. The average Bonchev–Trinajstić information content (AvgIpc) is 2.38. The van der Waals surface area contributed by atoms with E-state index in [2.05, 4.69) is 5.32 Å². The number of carbonyl (C=O) groups is 2. The van der Waals surface area contributed by atoms with Gasteiger partial charge in [-0.3, -0.25) is 0 Å². The van der Waals surface area contributed by atoms with Gasteiger partial charge in [0, 0.05) is 27.3 Å². The van der Waals surface area contributed by atoms with Gasteiger partial charge in [0.1, 0.15) is 5.54 Å². The standard InChI is InChI=1S/C13H26N2O5/c1-5-6-13(2,11(16)17)14-12(18)15(7-9-19-3)8-10-20-4/h5-10H2,1-4H3,(H,14,18)(H,16,17). The molecule has 0 fully saturated rings. The highest BCUT2D eigenvalue weighted by Crippen LogP contribution is 2.13. The maximum absolute atomic E-state index is 12.2. The van der Waals surface area contributed by atoms with Gasteiger partial charge >= 0.3 is 12.0 Å². The van der Waals surface area contributed by atoms with Crippen LogP contribution in [0, 0.1) is 0 Å². The van der Waals surface area contributed by atoms with Crippen LogP contribution in [0.25, 0.3) is 0 Å². The number of nitrogens with zero attached hydrogens (tertiary/aromatic N) is 1. The van der Waals surface area contributed by atoms with E-state index in [9.17, 15) is 14.7 Å². The molecule has 0 radical (unpaired) electrons. The first-order valence-electron chi connectivity index (χ1n) is 6.69. The topological polar surface area (TPSA) is 88.1 Å². The van der Waals surface area contributed by atoms with Crippen LogP contribution in [0.15, 0.2) is 0 Å². The second-order valence-electron chi connectivity index (χ2n) is 4.79. The second kappa shape index (κ2) is 9.55. The van der Waals surface area contributed by atoms with Gasteiger partial charge in [0.15, 0.2) is 0 Å². The van der Waals surface area contributed by atoms with Crippen LogP contribution in [0.5, 0.6) is 0 Å². The van der Waals surface area contributed by atoms with Gasteiger partial charge in [-0.1, -0.05) is 13.3 Å². The van der Waals surface area contributed by atoms with Gasteiger partial charge in [0.05, 0.1) is 13.2 Å². The minimum atomic E-state index is -1.26. The highest BCUT2D eigenvalue weighted by atomic mass is 16.5. The third-order valence-electron chi connectivity index (χ3n) is 3.02. The Labute approximate surface area is 120 Å². The minimum absolute atomic E-state index is 0.371. The van der Waals surface area contributed by atoms with E-state index in [0.29, 0.717) is 39.1 Å². The number of urea groups is 1. The number of carbonyl (C=O) groups excluding carboxylic acids is 1. The molecule has 2 N–H and O–H groups in total. The Bertz CT molecular complexity index is 303. The first-order valence-corrected chi connectivity index (χ1v) is 6.69. The second-order valence-corrected chi connectivity index (χ2v) is 4.79. The Balaban J connectivity index is 4.72. The van der Waals surface area contributed by atoms with E-state index in [1.165, 1.54) is 11.8 Å². The van der Waals surface area contributed by atoms with Crippen LogP contribution in [0.2, 0.25) is 0 Å². The van der Waals surface area contributed by atoms with Gasteiger partial charge < -0.3 is 24.8 Å². The van der Waals surface area contributed by atoms with Gasteiger partial charge in [0.2, 0.25) is 0 Å². The molecule has 0 aliphatic carbocycles. The molecule has 0 saturated carbocycles. The van der Waals surface area contributed by atoms with Crippen molar-refractivity contribution in [3.8, 4) is 0 Å². The zero-order chi connectivity index (χ0) is 15.6. The van der Waals surface area contributed by atoms with Crippen LogP contribution >= 0.6 is 0 Å². The van der Waals surface area contributed by atoms with E-state index >= 15 is 0 Å². The van der Waals surface area contributed by atoms with Crippen molar-refractivity contribution in [2.24, 2.45) is 0 Å². The molecule has 7 nitrogen and oxygen atoms in total. The van der Waals surface area contributed by atoms with Crippen molar-refractivity contribution >= 4 is 12.0 Å². The smallest absolute Gasteiger partial charge is 0.329 e. The van der Waals surface area contributed by atoms with Gasteiger partial charge in [-0.15, -0.1) is 0 Å². The zero-order valence-electron chi connectivity index (χ0n) is 12.8. The normalized spacial score (nSPS) is 13.6. The van der Waals surface area contributed by atoms with Crippen molar-refractivity contribution in [2.75, 3.05) is 40.5 Å². The lowest BCUT2D eigenvalue weighted by atomic mass is 9.96. The fourth-order valence-electron chi connectivity index (χ4n) is 1.76. The number of hydrogen-bond acceptors (Lipinski definition) is 4. The molecule has 1 atom stereocenters. The van der Waals surface area contributed by atoms with E-state index in [-0.39, 0.29) is 0 Å². The monoisotopic (exact) mass is 290 g/mol. The molecule has 0 bridgehead atoms. The van der Waals surface area contributed by atoms with Crippen molar-refractivity contribution in [3.05, 3.63) is 0 Å². The summed E-state index contributed by atoms with van der Waals surface area (Å²) in [6.07, 6.45) is 1.04. The number of carboxylic acids is 1. The summed E-state index contributed by atoms with van der Waals surface area (Å²) in [5, 5.41) is 11.9. The molecule has 0 saturated heterocycles. The Kier molecular flexibility index (Phi) is 8.91. The van der Waals surface area contributed by atoms with E-state index in [1.807, 2.05) is 6.92 Å². The number of ether oxygens (including phenoxy) is 2. The molecule has 20 heavy (non-hydrogen) atoms. The van der Waals surface area contributed by atoms with Crippen molar-refractivity contribution in [3.63, 3.8) is 0 Å². The summed E-state index contributed by atoms with van der Waals surface area (Å²) in [5.41, 5.74) is -1.26. The number of nitrogens with one attached hydrogen (secondary N) is 1. The Morgan fingerprint density at radius 2 is 1.70 bits per heavy atom. The number of carboxylic acid groups (broad SMARTS) is 1.